The van der Waals surface area contributed by atoms with E-state index < -0.39 is 12.5 Å². The maximum atomic E-state index is 11.4. The number of rotatable bonds is 10. The van der Waals surface area contributed by atoms with E-state index in [1.54, 1.807) is 24.3 Å². The minimum atomic E-state index is -0.667. The minimum absolute atomic E-state index is 0.0860. The molecule has 2 unspecified atom stereocenters. The Bertz CT molecular complexity index is 647. The number of nitrogens with one attached hydrogen (secondary N) is 2. The number of para-hydroxylation sites is 2. The Balaban J connectivity index is 1.90. The predicted molar refractivity (Wildman–Crippen MR) is 100 cm³/mol. The molecule has 2 N–H and O–H groups in total. The van der Waals surface area contributed by atoms with Crippen LogP contribution in [0.5, 0.6) is 11.5 Å². The average Bonchev–Trinajstić information content (AvgIpc) is 2.62. The van der Waals surface area contributed by atoms with Gasteiger partial charge in [-0.05, 0) is 24.3 Å². The molecule has 0 aromatic heterocycles. The largest absolute Gasteiger partial charge is 0.468 e. The van der Waals surface area contributed by atoms with Crippen molar-refractivity contribution in [1.29, 1.82) is 0 Å². The fraction of sp³-hybridized carbons (Fsp3) is 0.300. The van der Waals surface area contributed by atoms with Gasteiger partial charge in [0, 0.05) is 13.8 Å². The number of ether oxygens (including phenoxy) is 3. The van der Waals surface area contributed by atoms with Crippen LogP contribution in [-0.4, -0.2) is 37.5 Å². The molecule has 27 heavy (non-hydrogen) atoms. The molecule has 0 fully saturated rings. The van der Waals surface area contributed by atoms with Crippen LogP contribution in [0.1, 0.15) is 13.8 Å². The Labute approximate surface area is 158 Å². The lowest BCUT2D eigenvalue weighted by Gasteiger charge is -2.23. The normalized spacial score (nSPS) is 12.5. The predicted octanol–water partition coefficient (Wildman–Crippen LogP) is 2.09. The second-order valence-corrected chi connectivity index (χ2v) is 5.78. The second-order valence-electron chi connectivity index (χ2n) is 5.78. The van der Waals surface area contributed by atoms with Crippen molar-refractivity contribution in [3.63, 3.8) is 0 Å². The fourth-order valence-electron chi connectivity index (χ4n) is 2.27. The molecule has 2 aromatic carbocycles. The molecule has 0 saturated heterocycles. The molecule has 0 aliphatic rings. The van der Waals surface area contributed by atoms with E-state index in [1.165, 1.54) is 13.8 Å². The molecule has 0 spiro atoms. The van der Waals surface area contributed by atoms with Crippen LogP contribution in [-0.2, 0) is 14.3 Å². The van der Waals surface area contributed by atoms with Crippen LogP contribution in [0, 0.1) is 0 Å². The SMILES string of the molecule is CC(=O)NC(COCC(NC(C)=O)Oc1ccccc1)Oc1ccccc1. The van der Waals surface area contributed by atoms with E-state index >= 15 is 0 Å². The van der Waals surface area contributed by atoms with Crippen LogP contribution in [0.15, 0.2) is 60.7 Å². The van der Waals surface area contributed by atoms with Gasteiger partial charge in [0.1, 0.15) is 24.7 Å². The van der Waals surface area contributed by atoms with Gasteiger partial charge in [0.2, 0.25) is 11.8 Å². The molecule has 2 atom stereocenters. The number of hydrogen-bond donors (Lipinski definition) is 2. The van der Waals surface area contributed by atoms with Crippen LogP contribution in [0.2, 0.25) is 0 Å². The molecule has 7 nitrogen and oxygen atoms in total. The van der Waals surface area contributed by atoms with Gasteiger partial charge in [-0.15, -0.1) is 0 Å². The van der Waals surface area contributed by atoms with E-state index in [0.717, 1.165) is 0 Å². The molecule has 2 amide bonds. The zero-order chi connectivity index (χ0) is 19.5. The Morgan fingerprint density at radius 2 is 1.11 bits per heavy atom. The summed E-state index contributed by atoms with van der Waals surface area (Å²) in [6.45, 7) is 2.98. The van der Waals surface area contributed by atoms with Gasteiger partial charge in [-0.2, -0.15) is 0 Å². The lowest BCUT2D eigenvalue weighted by molar-refractivity contribution is -0.123. The summed E-state index contributed by atoms with van der Waals surface area (Å²) in [5.41, 5.74) is 0. The highest BCUT2D eigenvalue weighted by Crippen LogP contribution is 2.12. The summed E-state index contributed by atoms with van der Waals surface area (Å²) >= 11 is 0. The number of amides is 2. The quantitative estimate of drug-likeness (QED) is 0.624. The average molecular weight is 372 g/mol. The van der Waals surface area contributed by atoms with E-state index in [9.17, 15) is 9.59 Å². The summed E-state index contributed by atoms with van der Waals surface area (Å²) in [6, 6.07) is 18.2. The van der Waals surface area contributed by atoms with Gasteiger partial charge in [0.25, 0.3) is 0 Å². The summed E-state index contributed by atoms with van der Waals surface area (Å²) < 4.78 is 17.1. The fourth-order valence-corrected chi connectivity index (χ4v) is 2.27. The first-order chi connectivity index (χ1) is 13.0. The summed E-state index contributed by atoms with van der Waals surface area (Å²) in [4.78, 5) is 22.8. The summed E-state index contributed by atoms with van der Waals surface area (Å²) in [6.07, 6.45) is -1.33. The molecule has 0 heterocycles. The van der Waals surface area contributed by atoms with Gasteiger partial charge < -0.3 is 24.8 Å². The van der Waals surface area contributed by atoms with E-state index in [-0.39, 0.29) is 25.0 Å². The highest BCUT2D eigenvalue weighted by atomic mass is 16.6. The Morgan fingerprint density at radius 3 is 1.44 bits per heavy atom. The Morgan fingerprint density at radius 1 is 0.741 bits per heavy atom. The number of carbonyl (C=O) groups is 2. The number of benzene rings is 2. The van der Waals surface area contributed by atoms with E-state index in [1.807, 2.05) is 36.4 Å². The summed E-state index contributed by atoms with van der Waals surface area (Å²) in [5, 5.41) is 5.36. The third-order valence-corrected chi connectivity index (χ3v) is 3.31. The lowest BCUT2D eigenvalue weighted by atomic mass is 10.3. The maximum absolute atomic E-state index is 11.4. The lowest BCUT2D eigenvalue weighted by Crippen LogP contribution is -2.45. The molecular weight excluding hydrogens is 348 g/mol. The van der Waals surface area contributed by atoms with Crippen LogP contribution >= 0.6 is 0 Å². The molecule has 0 bridgehead atoms. The van der Waals surface area contributed by atoms with Gasteiger partial charge in [0.15, 0.2) is 12.5 Å². The first kappa shape index (κ1) is 20.3. The zero-order valence-corrected chi connectivity index (χ0v) is 15.4. The van der Waals surface area contributed by atoms with Crippen molar-refractivity contribution in [2.24, 2.45) is 0 Å². The summed E-state index contributed by atoms with van der Waals surface area (Å²) in [7, 11) is 0. The van der Waals surface area contributed by atoms with Crippen molar-refractivity contribution in [3.8, 4) is 11.5 Å². The zero-order valence-electron chi connectivity index (χ0n) is 15.4. The van der Waals surface area contributed by atoms with Gasteiger partial charge in [-0.25, -0.2) is 0 Å². The van der Waals surface area contributed by atoms with Crippen LogP contribution in [0.25, 0.3) is 0 Å². The van der Waals surface area contributed by atoms with E-state index in [0.29, 0.717) is 11.5 Å². The van der Waals surface area contributed by atoms with Gasteiger partial charge >= 0.3 is 0 Å². The van der Waals surface area contributed by atoms with Crippen molar-refractivity contribution in [2.45, 2.75) is 26.3 Å². The van der Waals surface area contributed by atoms with Gasteiger partial charge in [-0.1, -0.05) is 36.4 Å². The van der Waals surface area contributed by atoms with Crippen molar-refractivity contribution in [2.75, 3.05) is 13.2 Å². The van der Waals surface area contributed by atoms with E-state index in [2.05, 4.69) is 10.6 Å². The van der Waals surface area contributed by atoms with Gasteiger partial charge in [0.05, 0.1) is 0 Å². The maximum Gasteiger partial charge on any atom is 0.219 e. The number of carbonyl (C=O) groups excluding carboxylic acids is 2. The molecule has 0 aliphatic heterocycles. The van der Waals surface area contributed by atoms with Crippen molar-refractivity contribution in [1.82, 2.24) is 10.6 Å². The molecule has 7 heteroatoms. The van der Waals surface area contributed by atoms with Crippen LogP contribution < -0.4 is 20.1 Å². The Kier molecular flexibility index (Phi) is 8.12. The third kappa shape index (κ3) is 8.24. The van der Waals surface area contributed by atoms with Crippen molar-refractivity contribution in [3.05, 3.63) is 60.7 Å². The van der Waals surface area contributed by atoms with E-state index in [4.69, 9.17) is 14.2 Å². The number of hydrogen-bond acceptors (Lipinski definition) is 5. The third-order valence-electron chi connectivity index (χ3n) is 3.31. The Hall–Kier alpha value is -3.06. The molecule has 144 valence electrons. The van der Waals surface area contributed by atoms with Crippen molar-refractivity contribution >= 4 is 11.8 Å². The molecule has 0 radical (unpaired) electrons. The molecular formula is C20H24N2O5. The second kappa shape index (κ2) is 10.8. The highest BCUT2D eigenvalue weighted by Gasteiger charge is 2.16. The van der Waals surface area contributed by atoms with Crippen LogP contribution in [0.4, 0.5) is 0 Å². The smallest absolute Gasteiger partial charge is 0.219 e. The minimum Gasteiger partial charge on any atom is -0.468 e. The standard InChI is InChI=1S/C20H24N2O5/c1-15(23)21-19(26-17-9-5-3-6-10-17)13-25-14-20(22-16(2)24)27-18-11-7-4-8-12-18/h3-12,19-20H,13-14H2,1-2H3,(H,21,23)(H,22,24). The first-order valence-corrected chi connectivity index (χ1v) is 8.58. The van der Waals surface area contributed by atoms with Crippen LogP contribution in [0.3, 0.4) is 0 Å². The monoisotopic (exact) mass is 372 g/mol. The first-order valence-electron chi connectivity index (χ1n) is 8.58. The van der Waals surface area contributed by atoms with Crippen molar-refractivity contribution < 1.29 is 23.8 Å². The topological polar surface area (TPSA) is 85.9 Å². The molecule has 0 aliphatic carbocycles. The summed E-state index contributed by atoms with van der Waals surface area (Å²) in [5.74, 6) is 0.745. The molecule has 2 aromatic rings. The van der Waals surface area contributed by atoms with Gasteiger partial charge in [-0.3, -0.25) is 9.59 Å². The molecule has 0 saturated carbocycles. The highest BCUT2D eigenvalue weighted by molar-refractivity contribution is 5.73. The molecule has 2 rings (SSSR count).